The Kier molecular flexibility index (Phi) is 9.62. The maximum Gasteiger partial charge on any atom is 0.244 e. The van der Waals surface area contributed by atoms with Gasteiger partial charge in [0.15, 0.2) is 0 Å². The zero-order valence-electron chi connectivity index (χ0n) is 20.9. The average molecular weight is 543 g/mol. The molecule has 0 heterocycles. The van der Waals surface area contributed by atoms with Crippen molar-refractivity contribution >= 4 is 50.7 Å². The van der Waals surface area contributed by atoms with Gasteiger partial charge in [-0.15, -0.1) is 0 Å². The van der Waals surface area contributed by atoms with E-state index in [1.807, 2.05) is 12.1 Å². The maximum absolute atomic E-state index is 13.6. The van der Waals surface area contributed by atoms with E-state index in [1.54, 1.807) is 37.3 Å². The van der Waals surface area contributed by atoms with Gasteiger partial charge in [-0.2, -0.15) is 0 Å². The Morgan fingerprint density at radius 3 is 2.11 bits per heavy atom. The van der Waals surface area contributed by atoms with E-state index in [1.165, 1.54) is 11.9 Å². The fraction of sp³-hybridized carbons (Fsp3) is 0.440. The minimum atomic E-state index is -3.80. The number of rotatable bonds is 9. The summed E-state index contributed by atoms with van der Waals surface area (Å²) in [5.74, 6) is -0.886. The summed E-state index contributed by atoms with van der Waals surface area (Å²) >= 11 is 12.3. The summed E-state index contributed by atoms with van der Waals surface area (Å²) < 4.78 is 26.4. The predicted octanol–water partition coefficient (Wildman–Crippen LogP) is 4.61. The van der Waals surface area contributed by atoms with Crippen molar-refractivity contribution in [2.75, 3.05) is 24.2 Å². The van der Waals surface area contributed by atoms with E-state index in [4.69, 9.17) is 23.2 Å². The van der Waals surface area contributed by atoms with Crippen LogP contribution in [0.2, 0.25) is 10.0 Å². The molecule has 2 aromatic rings. The molecular weight excluding hydrogens is 509 g/mol. The van der Waals surface area contributed by atoms with Crippen molar-refractivity contribution in [2.45, 2.75) is 52.1 Å². The Hall–Kier alpha value is -2.29. The second kappa shape index (κ2) is 11.6. The molecule has 0 bridgehead atoms. The lowest BCUT2D eigenvalue weighted by atomic mass is 9.87. The van der Waals surface area contributed by atoms with Gasteiger partial charge in [0.05, 0.1) is 11.9 Å². The molecule has 0 radical (unpaired) electrons. The molecule has 0 fully saturated rings. The molecule has 2 rings (SSSR count). The molecule has 0 unspecified atom stereocenters. The smallest absolute Gasteiger partial charge is 0.244 e. The van der Waals surface area contributed by atoms with E-state index in [9.17, 15) is 18.0 Å². The van der Waals surface area contributed by atoms with Crippen molar-refractivity contribution in [3.63, 3.8) is 0 Å². The van der Waals surface area contributed by atoms with E-state index < -0.39 is 28.5 Å². The largest absolute Gasteiger partial charge is 0.357 e. The van der Waals surface area contributed by atoms with Crippen LogP contribution in [0.5, 0.6) is 0 Å². The molecule has 2 amide bonds. The summed E-state index contributed by atoms with van der Waals surface area (Å²) in [5.41, 5.74) is 1.88. The van der Waals surface area contributed by atoms with Crippen LogP contribution in [-0.4, -0.2) is 51.0 Å². The Morgan fingerprint density at radius 1 is 1.06 bits per heavy atom. The molecule has 2 aromatic carbocycles. The molecule has 0 spiro atoms. The van der Waals surface area contributed by atoms with E-state index in [-0.39, 0.29) is 17.9 Å². The standard InChI is InChI=1S/C25H33Cl2N3O4S/c1-7-22(24(32)28-5)29(15-17-8-11-19(26)14-21(17)27)23(31)16-30(35(6,33)34)20-12-9-18(10-13-20)25(2,3)4/h8-14,22H,7,15-16H2,1-6H3,(H,28,32)/t22-/m1/s1. The Balaban J connectivity index is 2.46. The van der Waals surface area contributed by atoms with Crippen molar-refractivity contribution in [3.05, 3.63) is 63.6 Å². The molecule has 0 aliphatic carbocycles. The predicted molar refractivity (Wildman–Crippen MR) is 142 cm³/mol. The highest BCUT2D eigenvalue weighted by atomic mass is 35.5. The summed E-state index contributed by atoms with van der Waals surface area (Å²) in [6, 6.07) is 11.1. The quantitative estimate of drug-likeness (QED) is 0.502. The van der Waals surface area contributed by atoms with Crippen LogP contribution in [0.3, 0.4) is 0 Å². The zero-order chi connectivity index (χ0) is 26.6. The first-order chi connectivity index (χ1) is 16.2. The number of hydrogen-bond donors (Lipinski definition) is 1. The fourth-order valence-corrected chi connectivity index (χ4v) is 4.98. The highest BCUT2D eigenvalue weighted by Crippen LogP contribution is 2.27. The second-order valence-corrected chi connectivity index (χ2v) is 12.1. The van der Waals surface area contributed by atoms with Crippen molar-refractivity contribution in [2.24, 2.45) is 0 Å². The molecule has 0 aromatic heterocycles. The van der Waals surface area contributed by atoms with Gasteiger partial charge in [-0.25, -0.2) is 8.42 Å². The SMILES string of the molecule is CC[C@H](C(=O)NC)N(Cc1ccc(Cl)cc1Cl)C(=O)CN(c1ccc(C(C)(C)C)cc1)S(C)(=O)=O. The van der Waals surface area contributed by atoms with Gasteiger partial charge in [0.25, 0.3) is 0 Å². The van der Waals surface area contributed by atoms with Crippen LogP contribution in [0.1, 0.15) is 45.2 Å². The van der Waals surface area contributed by atoms with Crippen LogP contribution in [0.15, 0.2) is 42.5 Å². The molecule has 0 aliphatic heterocycles. The Labute approximate surface area is 218 Å². The third kappa shape index (κ3) is 7.59. The Bertz CT molecular complexity index is 1160. The molecular formula is C25H33Cl2N3O4S. The molecule has 10 heteroatoms. The highest BCUT2D eigenvalue weighted by Gasteiger charge is 2.31. The maximum atomic E-state index is 13.6. The summed E-state index contributed by atoms with van der Waals surface area (Å²) in [4.78, 5) is 27.5. The number of sulfonamides is 1. The van der Waals surface area contributed by atoms with Crippen LogP contribution in [0.25, 0.3) is 0 Å². The third-order valence-corrected chi connectivity index (χ3v) is 7.42. The number of anilines is 1. The summed E-state index contributed by atoms with van der Waals surface area (Å²) in [6.45, 7) is 7.51. The highest BCUT2D eigenvalue weighted by molar-refractivity contribution is 7.92. The molecule has 0 saturated heterocycles. The van der Waals surface area contributed by atoms with Gasteiger partial charge in [0.1, 0.15) is 12.6 Å². The molecule has 0 saturated carbocycles. The number of carbonyl (C=O) groups excluding carboxylic acids is 2. The normalized spacial score (nSPS) is 12.7. The lowest BCUT2D eigenvalue weighted by Gasteiger charge is -2.33. The lowest BCUT2D eigenvalue weighted by Crippen LogP contribution is -2.51. The first-order valence-corrected chi connectivity index (χ1v) is 13.8. The number of carbonyl (C=O) groups is 2. The van der Waals surface area contributed by atoms with E-state index in [0.717, 1.165) is 16.1 Å². The molecule has 35 heavy (non-hydrogen) atoms. The van der Waals surface area contributed by atoms with E-state index >= 15 is 0 Å². The summed E-state index contributed by atoms with van der Waals surface area (Å²) in [5, 5.41) is 3.37. The van der Waals surface area contributed by atoms with Crippen LogP contribution < -0.4 is 9.62 Å². The first-order valence-electron chi connectivity index (χ1n) is 11.2. The van der Waals surface area contributed by atoms with Crippen LogP contribution in [0.4, 0.5) is 5.69 Å². The number of hydrogen-bond acceptors (Lipinski definition) is 4. The molecule has 1 atom stereocenters. The molecule has 1 N–H and O–H groups in total. The van der Waals surface area contributed by atoms with Gasteiger partial charge < -0.3 is 10.2 Å². The first kappa shape index (κ1) is 28.9. The van der Waals surface area contributed by atoms with Gasteiger partial charge in [0, 0.05) is 23.6 Å². The van der Waals surface area contributed by atoms with Gasteiger partial charge in [-0.1, -0.05) is 69.1 Å². The number of benzene rings is 2. The summed E-state index contributed by atoms with van der Waals surface area (Å²) in [6.07, 6.45) is 1.38. The molecule has 0 aliphatic rings. The van der Waals surface area contributed by atoms with Gasteiger partial charge in [-0.05, 0) is 47.2 Å². The Morgan fingerprint density at radius 2 is 1.66 bits per heavy atom. The van der Waals surface area contributed by atoms with E-state index in [0.29, 0.717) is 27.7 Å². The fourth-order valence-electron chi connectivity index (χ4n) is 3.66. The van der Waals surface area contributed by atoms with Crippen molar-refractivity contribution in [1.82, 2.24) is 10.2 Å². The molecule has 7 nitrogen and oxygen atoms in total. The zero-order valence-corrected chi connectivity index (χ0v) is 23.3. The van der Waals surface area contributed by atoms with Crippen molar-refractivity contribution in [1.29, 1.82) is 0 Å². The lowest BCUT2D eigenvalue weighted by molar-refractivity contribution is -0.140. The third-order valence-electron chi connectivity index (χ3n) is 5.69. The second-order valence-electron chi connectivity index (χ2n) is 9.36. The average Bonchev–Trinajstić information content (AvgIpc) is 2.77. The molecule has 192 valence electrons. The minimum Gasteiger partial charge on any atom is -0.357 e. The number of likely N-dealkylation sites (N-methyl/N-ethyl adjacent to an activating group) is 1. The number of amides is 2. The monoisotopic (exact) mass is 541 g/mol. The van der Waals surface area contributed by atoms with Crippen LogP contribution in [0, 0.1) is 0 Å². The minimum absolute atomic E-state index is 0.0152. The van der Waals surface area contributed by atoms with Gasteiger partial charge >= 0.3 is 0 Å². The topological polar surface area (TPSA) is 86.8 Å². The van der Waals surface area contributed by atoms with Gasteiger partial charge in [0.2, 0.25) is 21.8 Å². The van der Waals surface area contributed by atoms with E-state index in [2.05, 4.69) is 26.1 Å². The number of nitrogens with zero attached hydrogens (tertiary/aromatic N) is 2. The van der Waals surface area contributed by atoms with Crippen molar-refractivity contribution < 1.29 is 18.0 Å². The number of halogens is 2. The summed E-state index contributed by atoms with van der Waals surface area (Å²) in [7, 11) is -2.31. The van der Waals surface area contributed by atoms with Crippen LogP contribution in [-0.2, 0) is 31.6 Å². The number of nitrogens with one attached hydrogen (secondary N) is 1. The van der Waals surface area contributed by atoms with Crippen molar-refractivity contribution in [3.8, 4) is 0 Å². The van der Waals surface area contributed by atoms with Gasteiger partial charge in [-0.3, -0.25) is 13.9 Å². The van der Waals surface area contributed by atoms with Crippen LogP contribution >= 0.6 is 23.2 Å².